The molecule has 8 nitrogen and oxygen atoms in total. The zero-order valence-corrected chi connectivity index (χ0v) is 15.7. The lowest BCUT2D eigenvalue weighted by molar-refractivity contribution is -0.134. The maximum absolute atomic E-state index is 12.9. The minimum Gasteiger partial charge on any atom is -0.383 e. The van der Waals surface area contributed by atoms with Gasteiger partial charge in [0.1, 0.15) is 11.2 Å². The maximum Gasteiger partial charge on any atom is 0.271 e. The molecule has 144 valence electrons. The van der Waals surface area contributed by atoms with E-state index in [-0.39, 0.29) is 24.3 Å². The third-order valence-corrected chi connectivity index (χ3v) is 5.07. The molecule has 1 unspecified atom stereocenters. The van der Waals surface area contributed by atoms with Crippen LogP contribution in [0.3, 0.4) is 0 Å². The number of carbonyl (C=O) groups is 3. The van der Waals surface area contributed by atoms with Crippen molar-refractivity contribution in [1.82, 2.24) is 20.1 Å². The van der Waals surface area contributed by atoms with Gasteiger partial charge in [-0.15, -0.1) is 0 Å². The molecule has 1 aromatic carbocycles. The number of ether oxygens (including phenoxy) is 1. The van der Waals surface area contributed by atoms with E-state index < -0.39 is 5.54 Å². The quantitative estimate of drug-likeness (QED) is 0.717. The number of nitrogens with zero attached hydrogens (tertiary/aromatic N) is 2. The molecule has 0 fully saturated rings. The van der Waals surface area contributed by atoms with Crippen molar-refractivity contribution in [1.29, 1.82) is 0 Å². The van der Waals surface area contributed by atoms with Crippen molar-refractivity contribution in [3.05, 3.63) is 36.0 Å². The minimum absolute atomic E-state index is 0.153. The Morgan fingerprint density at radius 3 is 2.74 bits per heavy atom. The van der Waals surface area contributed by atoms with Crippen LogP contribution in [0.4, 0.5) is 0 Å². The second-order valence-corrected chi connectivity index (χ2v) is 6.84. The van der Waals surface area contributed by atoms with Crippen molar-refractivity contribution < 1.29 is 19.1 Å². The van der Waals surface area contributed by atoms with Gasteiger partial charge < -0.3 is 24.8 Å². The average Bonchev–Trinajstić information content (AvgIpc) is 3.03. The molecular formula is C19H24N4O4. The fourth-order valence-electron chi connectivity index (χ4n) is 3.30. The Hall–Kier alpha value is -2.87. The number of amides is 3. The van der Waals surface area contributed by atoms with Gasteiger partial charge in [-0.1, -0.05) is 18.2 Å². The van der Waals surface area contributed by atoms with Gasteiger partial charge in [0, 0.05) is 31.6 Å². The first-order valence-corrected chi connectivity index (χ1v) is 8.79. The van der Waals surface area contributed by atoms with E-state index in [0.717, 1.165) is 10.9 Å². The molecule has 0 saturated carbocycles. The van der Waals surface area contributed by atoms with Crippen LogP contribution in [0.15, 0.2) is 30.3 Å². The van der Waals surface area contributed by atoms with Gasteiger partial charge in [0.05, 0.1) is 19.7 Å². The summed E-state index contributed by atoms with van der Waals surface area (Å²) in [6, 6.07) is 9.53. The first-order chi connectivity index (χ1) is 12.9. The molecule has 3 amide bonds. The summed E-state index contributed by atoms with van der Waals surface area (Å²) in [7, 11) is 3.16. The van der Waals surface area contributed by atoms with Gasteiger partial charge in [0.25, 0.3) is 5.91 Å². The number of fused-ring (bicyclic) bond motifs is 3. The largest absolute Gasteiger partial charge is 0.383 e. The molecule has 27 heavy (non-hydrogen) atoms. The van der Waals surface area contributed by atoms with Gasteiger partial charge in [0.2, 0.25) is 11.8 Å². The number of para-hydroxylation sites is 1. The molecular weight excluding hydrogens is 348 g/mol. The highest BCUT2D eigenvalue weighted by Gasteiger charge is 2.45. The molecule has 0 saturated heterocycles. The zero-order chi connectivity index (χ0) is 19.6. The van der Waals surface area contributed by atoms with E-state index in [1.165, 1.54) is 4.90 Å². The number of likely N-dealkylation sites (N-methyl/N-ethyl adjacent to an activating group) is 1. The SMILES string of the molecule is COCCNC(=O)CNC(=O)C1(C)Cn2c(cc3ccccc32)C(=O)N1C. The number of nitrogens with one attached hydrogen (secondary N) is 2. The Labute approximate surface area is 157 Å². The van der Waals surface area contributed by atoms with Gasteiger partial charge in [-0.05, 0) is 19.1 Å². The molecule has 0 spiro atoms. The number of carbonyl (C=O) groups excluding carboxylic acids is 3. The van der Waals surface area contributed by atoms with E-state index in [4.69, 9.17) is 4.74 Å². The standard InChI is InChI=1S/C19H24N4O4/c1-19(18(26)21-11-16(24)20-8-9-27-3)12-23-14-7-5-4-6-13(14)10-15(23)17(25)22(19)2/h4-7,10H,8-9,11-12H2,1-3H3,(H,20,24)(H,21,26). The lowest BCUT2D eigenvalue weighted by Gasteiger charge is -2.41. The van der Waals surface area contributed by atoms with Gasteiger partial charge >= 0.3 is 0 Å². The zero-order valence-electron chi connectivity index (χ0n) is 15.7. The molecule has 1 aliphatic rings. The van der Waals surface area contributed by atoms with Crippen LogP contribution < -0.4 is 10.6 Å². The van der Waals surface area contributed by atoms with E-state index in [1.807, 2.05) is 34.9 Å². The number of aromatic nitrogens is 1. The molecule has 0 bridgehead atoms. The number of hydrogen-bond acceptors (Lipinski definition) is 4. The lowest BCUT2D eigenvalue weighted by atomic mass is 9.95. The summed E-state index contributed by atoms with van der Waals surface area (Å²) in [5, 5.41) is 6.24. The molecule has 1 aliphatic heterocycles. The highest BCUT2D eigenvalue weighted by molar-refractivity contribution is 6.03. The summed E-state index contributed by atoms with van der Waals surface area (Å²) in [6.45, 7) is 2.65. The van der Waals surface area contributed by atoms with Crippen LogP contribution in [0, 0.1) is 0 Å². The second-order valence-electron chi connectivity index (χ2n) is 6.84. The highest BCUT2D eigenvalue weighted by atomic mass is 16.5. The number of methoxy groups -OCH3 is 1. The van der Waals surface area contributed by atoms with Crippen LogP contribution in [-0.2, 0) is 20.9 Å². The van der Waals surface area contributed by atoms with Gasteiger partial charge in [-0.25, -0.2) is 0 Å². The van der Waals surface area contributed by atoms with Crippen LogP contribution >= 0.6 is 0 Å². The molecule has 2 heterocycles. The number of benzene rings is 1. The summed E-state index contributed by atoms with van der Waals surface area (Å²) < 4.78 is 6.74. The molecule has 1 aromatic heterocycles. The molecule has 8 heteroatoms. The van der Waals surface area contributed by atoms with Crippen molar-refractivity contribution in [3.63, 3.8) is 0 Å². The lowest BCUT2D eigenvalue weighted by Crippen LogP contribution is -2.63. The normalized spacial score (nSPS) is 19.1. The van der Waals surface area contributed by atoms with Crippen molar-refractivity contribution in [2.24, 2.45) is 0 Å². The molecule has 3 rings (SSSR count). The maximum atomic E-state index is 12.9. The Bertz CT molecular complexity index is 891. The van der Waals surface area contributed by atoms with Gasteiger partial charge in [-0.3, -0.25) is 14.4 Å². The molecule has 2 N–H and O–H groups in total. The minimum atomic E-state index is -1.10. The van der Waals surface area contributed by atoms with Crippen LogP contribution in [0.25, 0.3) is 10.9 Å². The van der Waals surface area contributed by atoms with Gasteiger partial charge in [0.15, 0.2) is 0 Å². The Morgan fingerprint density at radius 2 is 2.00 bits per heavy atom. The third kappa shape index (κ3) is 3.40. The summed E-state index contributed by atoms with van der Waals surface area (Å²) in [6.07, 6.45) is 0. The van der Waals surface area contributed by atoms with Crippen molar-refractivity contribution in [2.45, 2.75) is 19.0 Å². The fourth-order valence-corrected chi connectivity index (χ4v) is 3.30. The van der Waals surface area contributed by atoms with E-state index in [9.17, 15) is 14.4 Å². The monoisotopic (exact) mass is 372 g/mol. The highest BCUT2D eigenvalue weighted by Crippen LogP contribution is 2.31. The Morgan fingerprint density at radius 1 is 1.26 bits per heavy atom. The number of hydrogen-bond donors (Lipinski definition) is 2. The number of rotatable bonds is 6. The van der Waals surface area contributed by atoms with Gasteiger partial charge in [-0.2, -0.15) is 0 Å². The van der Waals surface area contributed by atoms with E-state index in [1.54, 1.807) is 21.1 Å². The predicted octanol–water partition coefficient (Wildman–Crippen LogP) is 0.364. The topological polar surface area (TPSA) is 92.7 Å². The summed E-state index contributed by atoms with van der Waals surface area (Å²) in [4.78, 5) is 39.0. The van der Waals surface area contributed by atoms with Crippen LogP contribution in [0.5, 0.6) is 0 Å². The smallest absolute Gasteiger partial charge is 0.271 e. The Kier molecular flexibility index (Phi) is 5.18. The molecule has 2 aromatic rings. The van der Waals surface area contributed by atoms with Crippen LogP contribution in [0.1, 0.15) is 17.4 Å². The van der Waals surface area contributed by atoms with Crippen molar-refractivity contribution >= 4 is 28.6 Å². The first-order valence-electron chi connectivity index (χ1n) is 8.79. The fraction of sp³-hybridized carbons (Fsp3) is 0.421. The first kappa shape index (κ1) is 18.9. The third-order valence-electron chi connectivity index (χ3n) is 5.07. The average molecular weight is 372 g/mol. The van der Waals surface area contributed by atoms with Crippen molar-refractivity contribution in [2.75, 3.05) is 33.9 Å². The Balaban J connectivity index is 1.78. The summed E-state index contributed by atoms with van der Waals surface area (Å²) >= 11 is 0. The van der Waals surface area contributed by atoms with E-state index in [0.29, 0.717) is 25.4 Å². The van der Waals surface area contributed by atoms with Crippen molar-refractivity contribution in [3.8, 4) is 0 Å². The second kappa shape index (κ2) is 7.40. The van der Waals surface area contributed by atoms with E-state index >= 15 is 0 Å². The predicted molar refractivity (Wildman–Crippen MR) is 100 cm³/mol. The van der Waals surface area contributed by atoms with Crippen LogP contribution in [0.2, 0.25) is 0 Å². The summed E-state index contributed by atoms with van der Waals surface area (Å²) in [5.41, 5.74) is 0.366. The van der Waals surface area contributed by atoms with Crippen LogP contribution in [-0.4, -0.2) is 66.6 Å². The molecule has 0 aliphatic carbocycles. The summed E-state index contributed by atoms with van der Waals surface area (Å²) in [5.74, 6) is -0.899. The molecule has 1 atom stereocenters. The van der Waals surface area contributed by atoms with E-state index in [2.05, 4.69) is 10.6 Å². The molecule has 0 radical (unpaired) electrons.